The molecule has 0 saturated heterocycles. The third-order valence-corrected chi connectivity index (χ3v) is 4.43. The number of Topliss-reactive ketones (excluding diaryl/α,β-unsaturated/α-hetero) is 1. The molecule has 0 amide bonds. The first kappa shape index (κ1) is 16.1. The topological polar surface area (TPSA) is 42.4 Å². The molecule has 0 saturated carbocycles. The van der Waals surface area contributed by atoms with Crippen molar-refractivity contribution >= 4 is 33.0 Å². The Morgan fingerprint density at radius 2 is 2.24 bits per heavy atom. The second-order valence-corrected chi connectivity index (χ2v) is 6.72. The second-order valence-electron chi connectivity index (χ2n) is 4.80. The Morgan fingerprint density at radius 1 is 1.48 bits per heavy atom. The summed E-state index contributed by atoms with van der Waals surface area (Å²) in [5, 5.41) is 3.07. The first-order valence-electron chi connectivity index (χ1n) is 6.46. The molecular weight excluding hydrogens is 352 g/mol. The van der Waals surface area contributed by atoms with Gasteiger partial charge >= 0.3 is 0 Å². The summed E-state index contributed by atoms with van der Waals surface area (Å²) in [5.41, 5.74) is 1.67. The molecule has 6 heteroatoms. The maximum atomic E-state index is 12.3. The molecule has 0 bridgehead atoms. The van der Waals surface area contributed by atoms with Gasteiger partial charge in [-0.15, -0.1) is 11.3 Å². The van der Waals surface area contributed by atoms with Crippen molar-refractivity contribution in [1.29, 1.82) is 0 Å². The molecular formula is C15H17BrN2O2S. The van der Waals surface area contributed by atoms with Crippen LogP contribution in [0, 0.1) is 6.92 Å². The number of hydrogen-bond donors (Lipinski definition) is 0. The molecule has 112 valence electrons. The van der Waals surface area contributed by atoms with Crippen LogP contribution in [0.4, 0.5) is 0 Å². The number of carbonyl (C=O) groups excluding carboxylic acids is 1. The van der Waals surface area contributed by atoms with Gasteiger partial charge in [0.05, 0.1) is 28.8 Å². The van der Waals surface area contributed by atoms with Crippen molar-refractivity contribution in [3.63, 3.8) is 0 Å². The van der Waals surface area contributed by atoms with Crippen LogP contribution in [0.3, 0.4) is 0 Å². The molecule has 0 aliphatic heterocycles. The number of carbonyl (C=O) groups is 1. The zero-order valence-corrected chi connectivity index (χ0v) is 14.6. The Labute approximate surface area is 136 Å². The standard InChI is InChI=1S/C15H17BrN2O2S/c1-10-17-12(9-21-10)7-18(2)8-14(19)11-4-5-15(20-3)13(16)6-11/h4-6,9H,7-8H2,1-3H3. The molecule has 1 aromatic heterocycles. The van der Waals surface area contributed by atoms with Crippen LogP contribution in [-0.2, 0) is 6.54 Å². The molecule has 0 atom stereocenters. The number of aromatic nitrogens is 1. The van der Waals surface area contributed by atoms with Crippen LogP contribution in [0.25, 0.3) is 0 Å². The number of thiazole rings is 1. The third-order valence-electron chi connectivity index (χ3n) is 2.99. The Morgan fingerprint density at radius 3 is 2.81 bits per heavy atom. The van der Waals surface area contributed by atoms with E-state index in [4.69, 9.17) is 4.74 Å². The van der Waals surface area contributed by atoms with Gasteiger partial charge in [0, 0.05) is 17.5 Å². The number of methoxy groups -OCH3 is 1. The molecule has 2 aromatic rings. The van der Waals surface area contributed by atoms with E-state index in [0.717, 1.165) is 20.9 Å². The zero-order valence-electron chi connectivity index (χ0n) is 12.2. The summed E-state index contributed by atoms with van der Waals surface area (Å²) in [7, 11) is 3.52. The van der Waals surface area contributed by atoms with Gasteiger partial charge in [-0.2, -0.15) is 0 Å². The predicted molar refractivity (Wildman–Crippen MR) is 88.2 cm³/mol. The van der Waals surface area contributed by atoms with Gasteiger partial charge in [0.1, 0.15) is 5.75 Å². The minimum atomic E-state index is 0.0767. The summed E-state index contributed by atoms with van der Waals surface area (Å²) in [6.45, 7) is 3.01. The minimum Gasteiger partial charge on any atom is -0.496 e. The monoisotopic (exact) mass is 368 g/mol. The van der Waals surface area contributed by atoms with Crippen molar-refractivity contribution in [2.24, 2.45) is 0 Å². The quantitative estimate of drug-likeness (QED) is 0.731. The number of rotatable bonds is 6. The number of aryl methyl sites for hydroxylation is 1. The van der Waals surface area contributed by atoms with Crippen LogP contribution in [0.2, 0.25) is 0 Å². The fraction of sp³-hybridized carbons (Fsp3) is 0.333. The van der Waals surface area contributed by atoms with Crippen molar-refractivity contribution < 1.29 is 9.53 Å². The summed E-state index contributed by atoms with van der Waals surface area (Å²) in [6, 6.07) is 5.37. The lowest BCUT2D eigenvalue weighted by Gasteiger charge is -2.14. The Kier molecular flexibility index (Phi) is 5.50. The maximum absolute atomic E-state index is 12.3. The smallest absolute Gasteiger partial charge is 0.176 e. The third kappa shape index (κ3) is 4.36. The molecule has 0 fully saturated rings. The number of hydrogen-bond acceptors (Lipinski definition) is 5. The predicted octanol–water partition coefficient (Wildman–Crippen LogP) is 3.54. The Bertz CT molecular complexity index is 642. The largest absolute Gasteiger partial charge is 0.496 e. The number of nitrogens with zero attached hydrogens (tertiary/aromatic N) is 2. The first-order valence-corrected chi connectivity index (χ1v) is 8.13. The average molecular weight is 369 g/mol. The summed E-state index contributed by atoms with van der Waals surface area (Å²) < 4.78 is 5.95. The van der Waals surface area contributed by atoms with Gasteiger partial charge in [0.25, 0.3) is 0 Å². The van der Waals surface area contributed by atoms with Crippen molar-refractivity contribution in [2.75, 3.05) is 20.7 Å². The Balaban J connectivity index is 1.98. The summed E-state index contributed by atoms with van der Waals surface area (Å²) in [4.78, 5) is 18.7. The second kappa shape index (κ2) is 7.15. The van der Waals surface area contributed by atoms with E-state index >= 15 is 0 Å². The lowest BCUT2D eigenvalue weighted by Crippen LogP contribution is -2.25. The summed E-state index contributed by atoms with van der Waals surface area (Å²) >= 11 is 5.02. The van der Waals surface area contributed by atoms with Crippen LogP contribution >= 0.6 is 27.3 Å². The van der Waals surface area contributed by atoms with E-state index in [9.17, 15) is 4.79 Å². The number of ether oxygens (including phenoxy) is 1. The normalized spacial score (nSPS) is 10.9. The maximum Gasteiger partial charge on any atom is 0.176 e. The van der Waals surface area contributed by atoms with Crippen molar-refractivity contribution in [3.05, 3.63) is 44.3 Å². The number of ketones is 1. The van der Waals surface area contributed by atoms with Gasteiger partial charge < -0.3 is 4.74 Å². The molecule has 0 N–H and O–H groups in total. The van der Waals surface area contributed by atoms with Gasteiger partial charge in [-0.1, -0.05) is 0 Å². The first-order chi connectivity index (χ1) is 9.99. The van der Waals surface area contributed by atoms with E-state index in [-0.39, 0.29) is 5.78 Å². The fourth-order valence-electron chi connectivity index (χ4n) is 1.99. The highest BCUT2D eigenvalue weighted by atomic mass is 79.9. The minimum absolute atomic E-state index is 0.0767. The van der Waals surface area contributed by atoms with Crippen LogP contribution in [0.15, 0.2) is 28.1 Å². The van der Waals surface area contributed by atoms with Crippen LogP contribution in [0.5, 0.6) is 5.75 Å². The van der Waals surface area contributed by atoms with Gasteiger partial charge in [-0.3, -0.25) is 9.69 Å². The van der Waals surface area contributed by atoms with E-state index in [1.807, 2.05) is 24.3 Å². The average Bonchev–Trinajstić information content (AvgIpc) is 2.83. The molecule has 1 aromatic carbocycles. The molecule has 0 spiro atoms. The highest BCUT2D eigenvalue weighted by Gasteiger charge is 2.12. The van der Waals surface area contributed by atoms with Crippen molar-refractivity contribution in [3.8, 4) is 5.75 Å². The van der Waals surface area contributed by atoms with Crippen LogP contribution in [0.1, 0.15) is 21.1 Å². The lowest BCUT2D eigenvalue weighted by molar-refractivity contribution is 0.0942. The molecule has 2 rings (SSSR count). The number of halogens is 1. The Hall–Kier alpha value is -1.24. The molecule has 0 aliphatic rings. The van der Waals surface area contributed by atoms with Gasteiger partial charge in [0.2, 0.25) is 0 Å². The zero-order chi connectivity index (χ0) is 15.4. The van der Waals surface area contributed by atoms with E-state index in [2.05, 4.69) is 20.9 Å². The molecule has 0 radical (unpaired) electrons. The van der Waals surface area contributed by atoms with E-state index in [1.165, 1.54) is 0 Å². The van der Waals surface area contributed by atoms with E-state index < -0.39 is 0 Å². The molecule has 0 unspecified atom stereocenters. The van der Waals surface area contributed by atoms with E-state index in [1.54, 1.807) is 36.6 Å². The number of likely N-dealkylation sites (N-methyl/N-ethyl adjacent to an activating group) is 1. The lowest BCUT2D eigenvalue weighted by atomic mass is 10.1. The molecule has 1 heterocycles. The van der Waals surface area contributed by atoms with Crippen LogP contribution in [-0.4, -0.2) is 36.4 Å². The molecule has 21 heavy (non-hydrogen) atoms. The highest BCUT2D eigenvalue weighted by Crippen LogP contribution is 2.25. The number of benzene rings is 1. The molecule has 0 aliphatic carbocycles. The molecule has 4 nitrogen and oxygen atoms in total. The van der Waals surface area contributed by atoms with Crippen molar-refractivity contribution in [2.45, 2.75) is 13.5 Å². The highest BCUT2D eigenvalue weighted by molar-refractivity contribution is 9.10. The summed E-state index contributed by atoms with van der Waals surface area (Å²) in [6.07, 6.45) is 0. The van der Waals surface area contributed by atoms with Gasteiger partial charge in [-0.25, -0.2) is 4.98 Å². The van der Waals surface area contributed by atoms with Gasteiger partial charge in [-0.05, 0) is 48.1 Å². The summed E-state index contributed by atoms with van der Waals surface area (Å²) in [5.74, 6) is 0.797. The SMILES string of the molecule is COc1ccc(C(=O)CN(C)Cc2csc(C)n2)cc1Br. The van der Waals surface area contributed by atoms with Crippen LogP contribution < -0.4 is 4.74 Å². The van der Waals surface area contributed by atoms with Gasteiger partial charge in [0.15, 0.2) is 5.78 Å². The fourth-order valence-corrected chi connectivity index (χ4v) is 3.13. The van der Waals surface area contributed by atoms with Crippen molar-refractivity contribution in [1.82, 2.24) is 9.88 Å². The van der Waals surface area contributed by atoms with E-state index in [0.29, 0.717) is 18.7 Å².